The highest BCUT2D eigenvalue weighted by atomic mass is 16.6. The molecule has 0 saturated carbocycles. The minimum absolute atomic E-state index is 0.149. The van der Waals surface area contributed by atoms with Crippen LogP contribution in [0.25, 0.3) is 6.08 Å². The van der Waals surface area contributed by atoms with Gasteiger partial charge in [0.1, 0.15) is 0 Å². The van der Waals surface area contributed by atoms with Crippen LogP contribution in [0.5, 0.6) is 0 Å². The third kappa shape index (κ3) is 4.37. The fourth-order valence-electron chi connectivity index (χ4n) is 3.16. The molecule has 27 heavy (non-hydrogen) atoms. The van der Waals surface area contributed by atoms with E-state index >= 15 is 0 Å². The van der Waals surface area contributed by atoms with Crippen LogP contribution in [0, 0.1) is 11.8 Å². The number of allylic oxidation sites excluding steroid dienone is 1. The molecule has 1 heterocycles. The van der Waals surface area contributed by atoms with Crippen molar-refractivity contribution >= 4 is 6.08 Å². The summed E-state index contributed by atoms with van der Waals surface area (Å²) in [5.41, 5.74) is 3.18. The maximum atomic E-state index is 5.75. The van der Waals surface area contributed by atoms with E-state index < -0.39 is 5.60 Å². The van der Waals surface area contributed by atoms with Crippen molar-refractivity contribution in [2.45, 2.75) is 17.9 Å². The number of hydrogen-bond donors (Lipinski definition) is 0. The van der Waals surface area contributed by atoms with Crippen LogP contribution >= 0.6 is 0 Å². The number of hydrogen-bond acceptors (Lipinski definition) is 1. The molecule has 0 N–H and O–H groups in total. The molecule has 4 rings (SSSR count). The van der Waals surface area contributed by atoms with Gasteiger partial charge in [-0.2, -0.15) is 0 Å². The molecule has 0 bridgehead atoms. The van der Waals surface area contributed by atoms with Crippen molar-refractivity contribution < 1.29 is 4.74 Å². The van der Waals surface area contributed by atoms with Crippen LogP contribution in [0.15, 0.2) is 97.1 Å². The average molecular weight is 350 g/mol. The molecule has 1 nitrogen and oxygen atoms in total. The molecule has 2 unspecified atom stereocenters. The van der Waals surface area contributed by atoms with E-state index in [2.05, 4.69) is 84.7 Å². The van der Waals surface area contributed by atoms with Gasteiger partial charge in [0.15, 0.2) is 5.60 Å². The molecule has 3 aromatic rings. The molecule has 1 heteroatoms. The molecule has 1 aliphatic rings. The van der Waals surface area contributed by atoms with Crippen LogP contribution in [-0.2, 0) is 10.3 Å². The van der Waals surface area contributed by atoms with Crippen LogP contribution < -0.4 is 0 Å². The lowest BCUT2D eigenvalue weighted by Gasteiger charge is -2.10. The van der Waals surface area contributed by atoms with Crippen molar-refractivity contribution in [1.82, 2.24) is 0 Å². The normalized spacial score (nSPS) is 19.3. The molecule has 3 aromatic carbocycles. The van der Waals surface area contributed by atoms with Gasteiger partial charge in [-0.15, -0.1) is 0 Å². The molecule has 0 aromatic heterocycles. The van der Waals surface area contributed by atoms with Gasteiger partial charge in [-0.1, -0.05) is 115 Å². The van der Waals surface area contributed by atoms with E-state index in [0.717, 1.165) is 12.0 Å². The van der Waals surface area contributed by atoms with Gasteiger partial charge in [0.2, 0.25) is 0 Å². The van der Waals surface area contributed by atoms with E-state index in [1.165, 1.54) is 11.1 Å². The molecule has 132 valence electrons. The Kier molecular flexibility index (Phi) is 5.19. The fraction of sp³-hybridized carbons (Fsp3) is 0.154. The molecular formula is C26H22O. The molecule has 2 atom stereocenters. The standard InChI is InChI=1S/C26H22O/c1-4-11-22(12-5-1)13-10-16-24(23-14-6-2-7-15-23)19-20-26(21-27-26)25-17-8-3-9-18-25/h1-15,17-18,24H,16,21H2/b13-10+. The smallest absolute Gasteiger partial charge is 0.177 e. The predicted octanol–water partition coefficient (Wildman–Crippen LogP) is 5.80. The quantitative estimate of drug-likeness (QED) is 0.418. The summed E-state index contributed by atoms with van der Waals surface area (Å²) in [6.45, 7) is 0.672. The summed E-state index contributed by atoms with van der Waals surface area (Å²) in [7, 11) is 0. The summed E-state index contributed by atoms with van der Waals surface area (Å²) in [4.78, 5) is 0. The van der Waals surface area contributed by atoms with Gasteiger partial charge in [-0.25, -0.2) is 0 Å². The SMILES string of the molecule is C(#CC1(c2ccccc2)CO1)C(C/C=C/c1ccccc1)c1ccccc1. The first kappa shape index (κ1) is 17.3. The van der Waals surface area contributed by atoms with Gasteiger partial charge in [0.05, 0.1) is 6.61 Å². The third-order valence-corrected chi connectivity index (χ3v) is 4.81. The lowest BCUT2D eigenvalue weighted by atomic mass is 9.93. The minimum Gasteiger partial charge on any atom is -0.351 e. The van der Waals surface area contributed by atoms with Gasteiger partial charge >= 0.3 is 0 Å². The van der Waals surface area contributed by atoms with Crippen molar-refractivity contribution in [2.75, 3.05) is 6.61 Å². The first-order chi connectivity index (χ1) is 13.4. The molecule has 0 amide bonds. The molecule has 0 radical (unpaired) electrons. The zero-order valence-electron chi connectivity index (χ0n) is 15.2. The average Bonchev–Trinajstić information content (AvgIpc) is 3.54. The minimum atomic E-state index is -0.419. The highest BCUT2D eigenvalue weighted by Gasteiger charge is 2.45. The zero-order valence-corrected chi connectivity index (χ0v) is 15.2. The first-order valence-corrected chi connectivity index (χ1v) is 9.34. The Morgan fingerprint density at radius 2 is 1.44 bits per heavy atom. The topological polar surface area (TPSA) is 12.5 Å². The number of epoxide rings is 1. The van der Waals surface area contributed by atoms with E-state index in [9.17, 15) is 0 Å². The lowest BCUT2D eigenvalue weighted by Crippen LogP contribution is -2.06. The Bertz CT molecular complexity index is 943. The first-order valence-electron chi connectivity index (χ1n) is 9.34. The highest BCUT2D eigenvalue weighted by molar-refractivity contribution is 5.49. The summed E-state index contributed by atoms with van der Waals surface area (Å²) >= 11 is 0. The van der Waals surface area contributed by atoms with E-state index in [1.54, 1.807) is 0 Å². The third-order valence-electron chi connectivity index (χ3n) is 4.81. The Labute approximate surface area is 161 Å². The Hall–Kier alpha value is -3.08. The van der Waals surface area contributed by atoms with Crippen molar-refractivity contribution in [3.05, 3.63) is 114 Å². The summed E-state index contributed by atoms with van der Waals surface area (Å²) in [5.74, 6) is 7.07. The highest BCUT2D eigenvalue weighted by Crippen LogP contribution is 2.38. The Morgan fingerprint density at radius 3 is 2.07 bits per heavy atom. The predicted molar refractivity (Wildman–Crippen MR) is 111 cm³/mol. The summed E-state index contributed by atoms with van der Waals surface area (Å²) in [5, 5.41) is 0. The number of rotatable bonds is 5. The lowest BCUT2D eigenvalue weighted by molar-refractivity contribution is 0.365. The second-order valence-corrected chi connectivity index (χ2v) is 6.76. The molecule has 1 saturated heterocycles. The van der Waals surface area contributed by atoms with Gasteiger partial charge in [0.25, 0.3) is 0 Å². The van der Waals surface area contributed by atoms with Gasteiger partial charge in [0, 0.05) is 5.92 Å². The largest absolute Gasteiger partial charge is 0.351 e. The molecule has 1 fully saturated rings. The van der Waals surface area contributed by atoms with E-state index in [4.69, 9.17) is 4.74 Å². The van der Waals surface area contributed by atoms with Crippen molar-refractivity contribution in [3.63, 3.8) is 0 Å². The van der Waals surface area contributed by atoms with E-state index in [-0.39, 0.29) is 5.92 Å². The van der Waals surface area contributed by atoms with Crippen molar-refractivity contribution in [1.29, 1.82) is 0 Å². The Morgan fingerprint density at radius 1 is 0.852 bits per heavy atom. The van der Waals surface area contributed by atoms with Crippen LogP contribution in [-0.4, -0.2) is 6.61 Å². The van der Waals surface area contributed by atoms with Crippen molar-refractivity contribution in [3.8, 4) is 11.8 Å². The second-order valence-electron chi connectivity index (χ2n) is 6.76. The number of ether oxygens (including phenoxy) is 1. The summed E-state index contributed by atoms with van der Waals surface area (Å²) in [6.07, 6.45) is 5.25. The molecule has 0 spiro atoms. The van der Waals surface area contributed by atoms with Gasteiger partial charge in [-0.3, -0.25) is 0 Å². The van der Waals surface area contributed by atoms with Crippen LogP contribution in [0.3, 0.4) is 0 Å². The zero-order chi connectivity index (χ0) is 18.4. The summed E-state index contributed by atoms with van der Waals surface area (Å²) in [6, 6.07) is 31.2. The molecular weight excluding hydrogens is 328 g/mol. The molecule has 1 aliphatic heterocycles. The fourth-order valence-corrected chi connectivity index (χ4v) is 3.16. The summed E-state index contributed by atoms with van der Waals surface area (Å²) < 4.78 is 5.75. The Balaban J connectivity index is 1.56. The molecule has 0 aliphatic carbocycles. The van der Waals surface area contributed by atoms with E-state index in [0.29, 0.717) is 6.61 Å². The maximum absolute atomic E-state index is 5.75. The number of benzene rings is 3. The maximum Gasteiger partial charge on any atom is 0.177 e. The monoisotopic (exact) mass is 350 g/mol. The van der Waals surface area contributed by atoms with Gasteiger partial charge in [-0.05, 0) is 23.1 Å². The van der Waals surface area contributed by atoms with Crippen molar-refractivity contribution in [2.24, 2.45) is 0 Å². The van der Waals surface area contributed by atoms with Gasteiger partial charge < -0.3 is 4.74 Å². The van der Waals surface area contributed by atoms with Crippen LogP contribution in [0.4, 0.5) is 0 Å². The van der Waals surface area contributed by atoms with Crippen LogP contribution in [0.1, 0.15) is 29.0 Å². The van der Waals surface area contributed by atoms with E-state index in [1.807, 2.05) is 30.3 Å². The van der Waals surface area contributed by atoms with Crippen LogP contribution in [0.2, 0.25) is 0 Å². The second kappa shape index (κ2) is 8.08.